The maximum Gasteiger partial charge on any atom is -0.278 e. The molecule has 0 aliphatic carbocycles. The van der Waals surface area contributed by atoms with Crippen LogP contribution in [0, 0.1) is 0 Å². The molecular weight excluding hydrogens is 245 g/mol. The van der Waals surface area contributed by atoms with E-state index in [0.717, 1.165) is 0 Å². The first-order valence-corrected chi connectivity index (χ1v) is 0.707. The van der Waals surface area contributed by atoms with E-state index in [1.165, 1.54) is 0 Å². The quantitative estimate of drug-likeness (QED) is 0.400. The van der Waals surface area contributed by atoms with E-state index in [1.807, 2.05) is 0 Å². The van der Waals surface area contributed by atoms with Crippen molar-refractivity contribution in [3.05, 3.63) is 0 Å². The Morgan fingerprint density at radius 1 is 0.600 bits per heavy atom. The fraction of sp³-hybridized carbons (Fsp3) is 0. The van der Waals surface area contributed by atoms with Crippen molar-refractivity contribution in [1.82, 2.24) is 0 Å². The molecule has 0 rings (SSSR count). The predicted molar refractivity (Wildman–Crippen MR) is 27.2 cm³/mol. The Labute approximate surface area is 256 Å². The smallest absolute Gasteiger partial charge is 0.278 e. The third-order valence-corrected chi connectivity index (χ3v) is 0. The third-order valence-electron chi connectivity index (χ3n) is 0. The van der Waals surface area contributed by atoms with Crippen molar-refractivity contribution in [3.63, 3.8) is 0 Å². The van der Waals surface area contributed by atoms with Crippen LogP contribution in [-0.2, 0) is 0 Å². The van der Waals surface area contributed by atoms with Gasteiger partial charge in [-0.1, -0.05) is 0 Å². The van der Waals surface area contributed by atoms with E-state index in [1.54, 1.807) is 0 Å². The van der Waals surface area contributed by atoms with Crippen LogP contribution in [-0.4, -0.2) is 96.0 Å². The average molecular weight is 248 g/mol. The largest absolute Gasteiger partial charge is 0.907 e. The molecule has 30 valence electrons. The molecule has 0 aromatic rings. The van der Waals surface area contributed by atoms with E-state index >= 15 is 0 Å². The summed E-state index contributed by atoms with van der Waals surface area (Å²) in [5.41, 5.74) is 0. The molecule has 3 nitrogen and oxygen atoms in total. The van der Waals surface area contributed by atoms with E-state index < -0.39 is 7.32 Å². The summed E-state index contributed by atoms with van der Waals surface area (Å²) in [5, 5.41) is 25.2. The van der Waals surface area contributed by atoms with Gasteiger partial charge in [0.15, 0.2) is 0 Å². The zero-order chi connectivity index (χ0) is 3.58. The molecule has 0 spiro atoms. The van der Waals surface area contributed by atoms with Crippen molar-refractivity contribution in [1.29, 1.82) is 0 Å². The van der Waals surface area contributed by atoms with Gasteiger partial charge < -0.3 is 15.1 Å². The molecule has 0 aliphatic rings. The Morgan fingerprint density at radius 2 is 0.600 bits per heavy atom. The predicted octanol–water partition coefficient (Wildman–Crippen LogP) is -14.9. The molecule has 0 radical (unpaired) electrons. The van der Waals surface area contributed by atoms with E-state index in [-0.39, 0.29) is 243 Å². The Bertz CT molecular complexity index is 23.7. The van der Waals surface area contributed by atoms with Gasteiger partial charge in [-0.15, -0.1) is 0 Å². The Kier molecular flexibility index (Phi) is 155. The third kappa shape index (κ3) is 56.7. The summed E-state index contributed by atoms with van der Waals surface area (Å²) in [6, 6.07) is 0. The summed E-state index contributed by atoms with van der Waals surface area (Å²) in [6.07, 6.45) is 0. The first-order valence-electron chi connectivity index (χ1n) is 0.707. The molecule has 0 aromatic carbocycles. The standard InChI is InChI=1S/BO3.3K.3Na.3H/c2-1(3)4;;;;;;;;;/q-3;3*+1;;;;;;. The molecule has 0 amide bonds. The van der Waals surface area contributed by atoms with Crippen LogP contribution in [0.1, 0.15) is 0 Å². The van der Waals surface area contributed by atoms with E-state index in [4.69, 9.17) is 15.1 Å². The van der Waals surface area contributed by atoms with Crippen LogP contribution in [0.4, 0.5) is 0 Å². The zero-order valence-corrected chi connectivity index (χ0v) is 14.2. The first-order chi connectivity index (χ1) is 1.73. The van der Waals surface area contributed by atoms with Gasteiger partial charge in [0.1, 0.15) is 0 Å². The number of hydrogen-bond donors (Lipinski definition) is 0. The monoisotopic (exact) mass is 248 g/mol. The van der Waals surface area contributed by atoms with Crippen LogP contribution in [0.15, 0.2) is 0 Å². The molecule has 0 heterocycles. The molecule has 0 bridgehead atoms. The van der Waals surface area contributed by atoms with Gasteiger partial charge in [-0.25, -0.2) is 0 Å². The summed E-state index contributed by atoms with van der Waals surface area (Å²) in [6.45, 7) is 0. The number of rotatable bonds is 0. The van der Waals surface area contributed by atoms with Crippen molar-refractivity contribution in [2.75, 3.05) is 0 Å². The zero-order valence-electron chi connectivity index (χ0n) is 4.80. The van der Waals surface area contributed by atoms with Gasteiger partial charge in [0.05, 0.1) is 0 Å². The molecule has 10 heavy (non-hydrogen) atoms. The van der Waals surface area contributed by atoms with Crippen LogP contribution in [0.3, 0.4) is 0 Å². The van der Waals surface area contributed by atoms with Crippen LogP contribution >= 0.6 is 0 Å². The molecule has 0 aromatic heterocycles. The van der Waals surface area contributed by atoms with Crippen molar-refractivity contribution in [2.24, 2.45) is 0 Å². The number of hydrogen-bond acceptors (Lipinski definition) is 3. The molecule has 0 fully saturated rings. The van der Waals surface area contributed by atoms with Gasteiger partial charge in [0, 0.05) is 0 Å². The van der Waals surface area contributed by atoms with Gasteiger partial charge in [-0.2, -0.15) is 0 Å². The normalized spacial score (nSPS) is 2.70. The summed E-state index contributed by atoms with van der Waals surface area (Å²) >= 11 is 0. The maximum atomic E-state index is 8.42. The van der Waals surface area contributed by atoms with Crippen LogP contribution in [0.25, 0.3) is 0 Å². The molecular formula is H3BK3Na3O3. The molecule has 0 N–H and O–H groups in total. The van der Waals surface area contributed by atoms with Crippen LogP contribution in [0.5, 0.6) is 0 Å². The summed E-state index contributed by atoms with van der Waals surface area (Å²) in [4.78, 5) is 0. The van der Waals surface area contributed by atoms with Crippen molar-refractivity contribution < 1.29 is 169 Å². The molecule has 10 heteroatoms. The van der Waals surface area contributed by atoms with Gasteiger partial charge in [0.25, 0.3) is 0 Å². The van der Waals surface area contributed by atoms with E-state index in [2.05, 4.69) is 0 Å². The van der Waals surface area contributed by atoms with Crippen molar-refractivity contribution >= 4 is 96.0 Å². The summed E-state index contributed by atoms with van der Waals surface area (Å²) < 4.78 is 0. The topological polar surface area (TPSA) is 69.2 Å². The summed E-state index contributed by atoms with van der Waals surface area (Å²) in [7, 11) is -2.92. The van der Waals surface area contributed by atoms with Gasteiger partial charge in [-0.05, 0) is 0 Å². The molecule has 0 saturated carbocycles. The Balaban J connectivity index is -0.00000000300. The second kappa shape index (κ2) is 36.0. The fourth-order valence-corrected chi connectivity index (χ4v) is 0. The summed E-state index contributed by atoms with van der Waals surface area (Å²) in [5.74, 6) is 0. The van der Waals surface area contributed by atoms with Gasteiger partial charge in [0.2, 0.25) is 0 Å². The van der Waals surface area contributed by atoms with Gasteiger partial charge in [-0.3, -0.25) is 7.32 Å². The first kappa shape index (κ1) is 43.0. The molecule has 0 unspecified atom stereocenters. The van der Waals surface area contributed by atoms with Gasteiger partial charge >= 0.3 is 243 Å². The van der Waals surface area contributed by atoms with Crippen molar-refractivity contribution in [3.8, 4) is 0 Å². The Morgan fingerprint density at radius 3 is 0.600 bits per heavy atom. The molecule has 0 atom stereocenters. The average Bonchev–Trinajstić information content (AvgIpc) is 0.811. The molecule has 0 saturated heterocycles. The second-order valence-electron chi connectivity index (χ2n) is 0.289. The minimum atomic E-state index is -2.92. The second-order valence-corrected chi connectivity index (χ2v) is 0.289. The maximum absolute atomic E-state index is 8.42. The van der Waals surface area contributed by atoms with Crippen LogP contribution in [0.2, 0.25) is 0 Å². The SMILES string of the molecule is [K+].[K+].[K+].[NaH].[NaH].[NaH].[O-]B([O-])[O-]. The minimum Gasteiger partial charge on any atom is -0.907 e. The van der Waals surface area contributed by atoms with E-state index in [9.17, 15) is 0 Å². The van der Waals surface area contributed by atoms with E-state index in [0.29, 0.717) is 0 Å². The van der Waals surface area contributed by atoms with Crippen LogP contribution < -0.4 is 169 Å². The van der Waals surface area contributed by atoms with Crippen molar-refractivity contribution in [2.45, 2.75) is 0 Å². The molecule has 0 aliphatic heterocycles. The minimum absolute atomic E-state index is 0. The fourth-order valence-electron chi connectivity index (χ4n) is 0. The Hall–Kier alpha value is 7.85.